The molecule has 4 aromatic rings. The molecular weight excluding hydrogens is 506 g/mol. The Morgan fingerprint density at radius 2 is 2.00 bits per heavy atom. The Hall–Kier alpha value is -4.57. The molecule has 10 nitrogen and oxygen atoms in total. The number of ether oxygens (including phenoxy) is 1. The second-order valence-electron chi connectivity index (χ2n) is 9.73. The van der Waals surface area contributed by atoms with Crippen molar-refractivity contribution in [1.29, 1.82) is 0 Å². The highest BCUT2D eigenvalue weighted by molar-refractivity contribution is 6.04. The Morgan fingerprint density at radius 1 is 1.18 bits per heavy atom. The third-order valence-electron chi connectivity index (χ3n) is 6.99. The van der Waals surface area contributed by atoms with E-state index in [1.54, 1.807) is 43.8 Å². The number of amides is 2. The molecule has 3 aromatic heterocycles. The minimum atomic E-state index is -0.245. The van der Waals surface area contributed by atoms with Crippen LogP contribution < -0.4 is 11.1 Å². The topological polar surface area (TPSA) is 128 Å². The molecule has 1 aliphatic heterocycles. The van der Waals surface area contributed by atoms with Crippen molar-refractivity contribution in [3.63, 3.8) is 0 Å². The van der Waals surface area contributed by atoms with Gasteiger partial charge in [-0.05, 0) is 49.1 Å². The maximum atomic E-state index is 12.9. The lowest BCUT2D eigenvalue weighted by molar-refractivity contribution is -0.127. The Bertz CT molecular complexity index is 1540. The molecule has 1 aromatic carbocycles. The number of benzene rings is 1. The summed E-state index contributed by atoms with van der Waals surface area (Å²) in [5, 5.41) is 2.88. The molecule has 1 saturated heterocycles. The fraction of sp³-hybridized carbons (Fsp3) is 0.300. The van der Waals surface area contributed by atoms with Crippen molar-refractivity contribution in [2.75, 3.05) is 31.3 Å². The number of pyridine rings is 1. The van der Waals surface area contributed by atoms with E-state index in [-0.39, 0.29) is 17.9 Å². The predicted molar refractivity (Wildman–Crippen MR) is 154 cm³/mol. The summed E-state index contributed by atoms with van der Waals surface area (Å²) in [7, 11) is 1.59. The zero-order valence-electron chi connectivity index (χ0n) is 22.7. The quantitative estimate of drug-likeness (QED) is 0.301. The van der Waals surface area contributed by atoms with Crippen LogP contribution in [-0.2, 0) is 16.0 Å². The van der Waals surface area contributed by atoms with Crippen LogP contribution in [0.5, 0.6) is 0 Å². The average molecular weight is 540 g/mol. The first-order chi connectivity index (χ1) is 19.5. The molecule has 3 N–H and O–H groups in total. The van der Waals surface area contributed by atoms with E-state index in [2.05, 4.69) is 22.2 Å². The molecule has 0 bridgehead atoms. The number of hydrogen-bond donors (Lipinski definition) is 2. The van der Waals surface area contributed by atoms with Gasteiger partial charge in [0.25, 0.3) is 5.91 Å². The van der Waals surface area contributed by atoms with E-state index >= 15 is 0 Å². The van der Waals surface area contributed by atoms with E-state index in [0.29, 0.717) is 41.6 Å². The number of nitrogens with two attached hydrogens (primary N) is 1. The number of nitrogens with one attached hydrogen (secondary N) is 1. The zero-order valence-corrected chi connectivity index (χ0v) is 22.7. The number of imidazole rings is 1. The number of nitrogen functional groups attached to an aromatic ring is 1. The van der Waals surface area contributed by atoms with Crippen LogP contribution in [0.15, 0.2) is 67.1 Å². The van der Waals surface area contributed by atoms with Gasteiger partial charge in [0, 0.05) is 49.4 Å². The van der Waals surface area contributed by atoms with Crippen LogP contribution in [0.1, 0.15) is 54.0 Å². The van der Waals surface area contributed by atoms with Gasteiger partial charge in [-0.1, -0.05) is 31.6 Å². The number of anilines is 2. The molecule has 206 valence electrons. The van der Waals surface area contributed by atoms with Gasteiger partial charge in [0.15, 0.2) is 0 Å². The lowest BCUT2D eigenvalue weighted by atomic mass is 10.1. The van der Waals surface area contributed by atoms with E-state index < -0.39 is 0 Å². The Kier molecular flexibility index (Phi) is 8.16. The highest BCUT2D eigenvalue weighted by atomic mass is 16.5. The largest absolute Gasteiger partial charge is 0.382 e. The molecule has 0 spiro atoms. The number of aryl methyl sites for hydroxylation is 1. The van der Waals surface area contributed by atoms with Crippen LogP contribution in [0.2, 0.25) is 0 Å². The Labute approximate surface area is 232 Å². The molecule has 1 atom stereocenters. The number of nitrogens with zero attached hydrogens (tertiary/aromatic N) is 5. The first-order valence-corrected chi connectivity index (χ1v) is 13.5. The van der Waals surface area contributed by atoms with Gasteiger partial charge < -0.3 is 20.7 Å². The number of hydrogen-bond acceptors (Lipinski definition) is 7. The van der Waals surface area contributed by atoms with Crippen LogP contribution in [0.4, 0.5) is 11.6 Å². The van der Waals surface area contributed by atoms with Crippen molar-refractivity contribution in [2.24, 2.45) is 0 Å². The van der Waals surface area contributed by atoms with Crippen LogP contribution in [0.3, 0.4) is 0 Å². The first-order valence-electron chi connectivity index (χ1n) is 13.5. The summed E-state index contributed by atoms with van der Waals surface area (Å²) in [6.07, 6.45) is 12.0. The van der Waals surface area contributed by atoms with Gasteiger partial charge in [-0.25, -0.2) is 15.0 Å². The van der Waals surface area contributed by atoms with Gasteiger partial charge >= 0.3 is 0 Å². The molecular formula is C30H33N7O3. The van der Waals surface area contributed by atoms with E-state index in [1.165, 1.54) is 0 Å². The van der Waals surface area contributed by atoms with Crippen molar-refractivity contribution in [2.45, 2.75) is 38.6 Å². The van der Waals surface area contributed by atoms with Crippen LogP contribution in [0.25, 0.3) is 16.8 Å². The number of carbonyl (C=O) groups excluding carboxylic acids is 2. The Balaban J connectivity index is 1.43. The van der Waals surface area contributed by atoms with E-state index in [4.69, 9.17) is 15.5 Å². The summed E-state index contributed by atoms with van der Waals surface area (Å²) in [5.74, 6) is 1.27. The van der Waals surface area contributed by atoms with Crippen molar-refractivity contribution >= 4 is 29.0 Å². The average Bonchev–Trinajstić information content (AvgIpc) is 3.59. The molecule has 0 aliphatic carbocycles. The third kappa shape index (κ3) is 5.57. The molecule has 1 unspecified atom stereocenters. The van der Waals surface area contributed by atoms with Gasteiger partial charge in [0.05, 0.1) is 12.6 Å². The lowest BCUT2D eigenvalue weighted by Gasteiger charge is -2.22. The fourth-order valence-corrected chi connectivity index (χ4v) is 5.12. The van der Waals surface area contributed by atoms with Gasteiger partial charge in [-0.2, -0.15) is 0 Å². The smallest absolute Gasteiger partial charge is 0.256 e. The Morgan fingerprint density at radius 3 is 2.77 bits per heavy atom. The molecule has 1 fully saturated rings. The van der Waals surface area contributed by atoms with Crippen LogP contribution >= 0.6 is 0 Å². The van der Waals surface area contributed by atoms with E-state index in [9.17, 15) is 9.59 Å². The second kappa shape index (κ2) is 12.1. The molecule has 10 heteroatoms. The first kappa shape index (κ1) is 27.0. The molecule has 40 heavy (non-hydrogen) atoms. The highest BCUT2D eigenvalue weighted by Gasteiger charge is 2.33. The minimum Gasteiger partial charge on any atom is -0.382 e. The molecule has 1 aliphatic rings. The van der Waals surface area contributed by atoms with Crippen LogP contribution in [0, 0.1) is 0 Å². The standard InChI is InChI=1S/C30H33N7O3/c1-3-6-20-13-14-32-24(19-20)34-30(39)22-11-9-21(10-12-22)26-27-28(31)33-15-17-37(27)29(35-26)23-7-4-16-36(23)25(38)8-5-18-40-2/h5,8-15,17,19,23H,3-4,6-7,16,18H2,1-2H3,(H2,31,33)(H,32,34,39)/b8-5+. The normalized spacial score (nSPS) is 15.2. The number of aromatic nitrogens is 4. The van der Waals surface area contributed by atoms with Crippen LogP contribution in [-0.4, -0.2) is 56.3 Å². The SMILES string of the molecule is CCCc1ccnc(NC(=O)c2ccc(-c3nc(C4CCCN4C(=O)/C=C/COC)n4ccnc(N)c34)cc2)c1. The van der Waals surface area contributed by atoms with Crippen molar-refractivity contribution < 1.29 is 14.3 Å². The molecule has 0 saturated carbocycles. The third-order valence-corrected chi connectivity index (χ3v) is 6.99. The molecule has 4 heterocycles. The summed E-state index contributed by atoms with van der Waals surface area (Å²) in [5.41, 5.74) is 10.1. The van der Waals surface area contributed by atoms with E-state index in [0.717, 1.165) is 42.6 Å². The minimum absolute atomic E-state index is 0.0787. The number of fused-ring (bicyclic) bond motifs is 1. The maximum Gasteiger partial charge on any atom is 0.256 e. The van der Waals surface area contributed by atoms with E-state index in [1.807, 2.05) is 39.8 Å². The number of carbonyl (C=O) groups is 2. The van der Waals surface area contributed by atoms with Gasteiger partial charge in [-0.15, -0.1) is 0 Å². The summed E-state index contributed by atoms with van der Waals surface area (Å²) in [4.78, 5) is 41.2. The number of likely N-dealkylation sites (tertiary alicyclic amines) is 1. The molecule has 0 radical (unpaired) electrons. The maximum absolute atomic E-state index is 12.9. The number of rotatable bonds is 9. The van der Waals surface area contributed by atoms with Crippen molar-refractivity contribution in [3.05, 3.63) is 84.1 Å². The summed E-state index contributed by atoms with van der Waals surface area (Å²) < 4.78 is 6.95. The predicted octanol–water partition coefficient (Wildman–Crippen LogP) is 4.44. The summed E-state index contributed by atoms with van der Waals surface area (Å²) >= 11 is 0. The van der Waals surface area contributed by atoms with Crippen molar-refractivity contribution in [1.82, 2.24) is 24.3 Å². The zero-order chi connectivity index (χ0) is 28.1. The molecule has 2 amide bonds. The van der Waals surface area contributed by atoms with Gasteiger partial charge in [0.2, 0.25) is 5.91 Å². The van der Waals surface area contributed by atoms with Crippen molar-refractivity contribution in [3.8, 4) is 11.3 Å². The fourth-order valence-electron chi connectivity index (χ4n) is 5.12. The summed E-state index contributed by atoms with van der Waals surface area (Å²) in [6, 6.07) is 10.8. The molecule has 5 rings (SSSR count). The second-order valence-corrected chi connectivity index (χ2v) is 9.73. The lowest BCUT2D eigenvalue weighted by Crippen LogP contribution is -2.30. The van der Waals surface area contributed by atoms with Gasteiger partial charge in [-0.3, -0.25) is 14.0 Å². The number of methoxy groups -OCH3 is 1. The monoisotopic (exact) mass is 539 g/mol. The highest BCUT2D eigenvalue weighted by Crippen LogP contribution is 2.36. The summed E-state index contributed by atoms with van der Waals surface area (Å²) in [6.45, 7) is 3.13. The van der Waals surface area contributed by atoms with Gasteiger partial charge in [0.1, 0.15) is 28.7 Å².